The lowest BCUT2D eigenvalue weighted by Crippen LogP contribution is -2.44. The van der Waals surface area contributed by atoms with E-state index in [1.807, 2.05) is 25.1 Å². The summed E-state index contributed by atoms with van der Waals surface area (Å²) in [5, 5.41) is 2.88. The van der Waals surface area contributed by atoms with Gasteiger partial charge in [-0.2, -0.15) is 0 Å². The van der Waals surface area contributed by atoms with Crippen molar-refractivity contribution in [2.24, 2.45) is 0 Å². The molecule has 0 bridgehead atoms. The van der Waals surface area contributed by atoms with Gasteiger partial charge in [-0.1, -0.05) is 50.6 Å². The topological polar surface area (TPSA) is 55.4 Å². The number of rotatable bonds is 6. The Labute approximate surface area is 165 Å². The van der Waals surface area contributed by atoms with Crippen LogP contribution in [0, 0.1) is 12.7 Å². The second kappa shape index (κ2) is 8.13. The van der Waals surface area contributed by atoms with E-state index in [0.717, 1.165) is 28.8 Å². The average Bonchev–Trinajstić information content (AvgIpc) is 2.62. The fraction of sp³-hybridized carbons (Fsp3) is 0.391. The molecular formula is C23H26FNO3. The van der Waals surface area contributed by atoms with E-state index in [9.17, 15) is 14.0 Å². The minimum Gasteiger partial charge on any atom is -0.455 e. The van der Waals surface area contributed by atoms with Crippen LogP contribution in [0.25, 0.3) is 0 Å². The van der Waals surface area contributed by atoms with Gasteiger partial charge < -0.3 is 10.1 Å². The van der Waals surface area contributed by atoms with E-state index in [2.05, 4.69) is 19.2 Å². The van der Waals surface area contributed by atoms with E-state index in [1.54, 1.807) is 12.1 Å². The molecule has 5 heteroatoms. The predicted octanol–water partition coefficient (Wildman–Crippen LogP) is 4.86. The number of carbonyl (C=O) groups is 2. The summed E-state index contributed by atoms with van der Waals surface area (Å²) in [6.07, 6.45) is 2.20. The number of nitrogens with one attached hydrogen (secondary N) is 1. The number of halogens is 1. The lowest BCUT2D eigenvalue weighted by molar-refractivity contribution is -0.156. The van der Waals surface area contributed by atoms with Crippen LogP contribution in [0.1, 0.15) is 55.7 Å². The molecule has 0 saturated heterocycles. The van der Waals surface area contributed by atoms with Gasteiger partial charge in [-0.3, -0.25) is 9.59 Å². The molecule has 2 aromatic carbocycles. The van der Waals surface area contributed by atoms with Crippen LogP contribution in [0.15, 0.2) is 42.5 Å². The highest BCUT2D eigenvalue weighted by atomic mass is 19.1. The molecule has 0 aliphatic heterocycles. The zero-order valence-electron chi connectivity index (χ0n) is 16.5. The summed E-state index contributed by atoms with van der Waals surface area (Å²) >= 11 is 0. The Balaban J connectivity index is 1.66. The highest BCUT2D eigenvalue weighted by Crippen LogP contribution is 2.44. The van der Waals surface area contributed by atoms with Gasteiger partial charge in [0, 0.05) is 5.69 Å². The molecule has 1 fully saturated rings. The Hall–Kier alpha value is -2.69. The average molecular weight is 383 g/mol. The lowest BCUT2D eigenvalue weighted by Gasteiger charge is -2.39. The van der Waals surface area contributed by atoms with Crippen LogP contribution in [0.5, 0.6) is 0 Å². The van der Waals surface area contributed by atoms with Crippen molar-refractivity contribution in [1.82, 2.24) is 0 Å². The largest absolute Gasteiger partial charge is 0.455 e. The van der Waals surface area contributed by atoms with Crippen molar-refractivity contribution in [1.29, 1.82) is 0 Å². The molecule has 28 heavy (non-hydrogen) atoms. The number of hydrogen-bond acceptors (Lipinski definition) is 3. The van der Waals surface area contributed by atoms with Crippen molar-refractivity contribution in [2.75, 3.05) is 11.9 Å². The van der Waals surface area contributed by atoms with E-state index in [-0.39, 0.29) is 24.2 Å². The molecule has 0 heterocycles. The first-order chi connectivity index (χ1) is 13.3. The molecule has 2 aromatic rings. The van der Waals surface area contributed by atoms with Gasteiger partial charge in [-0.15, -0.1) is 0 Å². The van der Waals surface area contributed by atoms with Crippen LogP contribution in [0.4, 0.5) is 10.1 Å². The Morgan fingerprint density at radius 2 is 1.82 bits per heavy atom. The number of ether oxygens (including phenoxy) is 1. The van der Waals surface area contributed by atoms with E-state index in [1.165, 1.54) is 12.1 Å². The molecule has 1 amide bonds. The first-order valence-electron chi connectivity index (χ1n) is 9.66. The van der Waals surface area contributed by atoms with Gasteiger partial charge in [-0.25, -0.2) is 4.39 Å². The summed E-state index contributed by atoms with van der Waals surface area (Å²) in [6.45, 7) is 5.72. The summed E-state index contributed by atoms with van der Waals surface area (Å²) in [4.78, 5) is 25.2. The zero-order valence-corrected chi connectivity index (χ0v) is 16.5. The fourth-order valence-corrected chi connectivity index (χ4v) is 3.70. The van der Waals surface area contributed by atoms with Crippen molar-refractivity contribution < 1.29 is 18.7 Å². The molecule has 148 valence electrons. The molecule has 0 aromatic heterocycles. The van der Waals surface area contributed by atoms with Gasteiger partial charge in [0.2, 0.25) is 0 Å². The second-order valence-electron chi connectivity index (χ2n) is 7.76. The third-order valence-electron chi connectivity index (χ3n) is 5.52. The van der Waals surface area contributed by atoms with Crippen LogP contribution >= 0.6 is 0 Å². The van der Waals surface area contributed by atoms with Crippen molar-refractivity contribution in [3.63, 3.8) is 0 Å². The Morgan fingerprint density at radius 1 is 1.14 bits per heavy atom. The predicted molar refractivity (Wildman–Crippen MR) is 107 cm³/mol. The molecule has 3 rings (SSSR count). The fourth-order valence-electron chi connectivity index (χ4n) is 3.70. The smallest absolute Gasteiger partial charge is 0.317 e. The number of para-hydroxylation sites is 1. The van der Waals surface area contributed by atoms with Crippen LogP contribution in [-0.2, 0) is 19.7 Å². The van der Waals surface area contributed by atoms with Crippen molar-refractivity contribution in [3.05, 3.63) is 65.0 Å². The first-order valence-corrected chi connectivity index (χ1v) is 9.66. The number of carbonyl (C=O) groups excluding carboxylic acids is 2. The zero-order chi connectivity index (χ0) is 20.3. The van der Waals surface area contributed by atoms with Gasteiger partial charge in [0.1, 0.15) is 5.82 Å². The van der Waals surface area contributed by atoms with E-state index >= 15 is 0 Å². The molecule has 4 nitrogen and oxygen atoms in total. The summed E-state index contributed by atoms with van der Waals surface area (Å²) < 4.78 is 18.6. The SMILES string of the molecule is Cc1cccc(C(C)C)c1NC(=O)COC(=O)C1(c2ccc(F)cc2)CCC1. The van der Waals surface area contributed by atoms with E-state index < -0.39 is 11.4 Å². The molecular weight excluding hydrogens is 357 g/mol. The quantitative estimate of drug-likeness (QED) is 0.725. The Morgan fingerprint density at radius 3 is 2.39 bits per heavy atom. The lowest BCUT2D eigenvalue weighted by atomic mass is 9.64. The van der Waals surface area contributed by atoms with E-state index in [0.29, 0.717) is 12.8 Å². The van der Waals surface area contributed by atoms with Crippen molar-refractivity contribution in [2.45, 2.75) is 51.4 Å². The highest BCUT2D eigenvalue weighted by molar-refractivity contribution is 5.95. The maximum atomic E-state index is 13.2. The van der Waals surface area contributed by atoms with Gasteiger partial charge in [0.05, 0.1) is 5.41 Å². The summed E-state index contributed by atoms with van der Waals surface area (Å²) in [6, 6.07) is 11.8. The second-order valence-corrected chi connectivity index (χ2v) is 7.76. The normalized spacial score (nSPS) is 15.0. The summed E-state index contributed by atoms with van der Waals surface area (Å²) in [7, 11) is 0. The third kappa shape index (κ3) is 3.93. The van der Waals surface area contributed by atoms with Crippen LogP contribution in [0.3, 0.4) is 0 Å². The van der Waals surface area contributed by atoms with Crippen LogP contribution < -0.4 is 5.32 Å². The molecule has 0 spiro atoms. The molecule has 1 aliphatic carbocycles. The van der Waals surface area contributed by atoms with Crippen molar-refractivity contribution in [3.8, 4) is 0 Å². The molecule has 1 N–H and O–H groups in total. The third-order valence-corrected chi connectivity index (χ3v) is 5.52. The minimum atomic E-state index is -0.764. The summed E-state index contributed by atoms with van der Waals surface area (Å²) in [5.41, 5.74) is 2.76. The molecule has 1 saturated carbocycles. The maximum absolute atomic E-state index is 13.2. The van der Waals surface area contributed by atoms with Crippen LogP contribution in [0.2, 0.25) is 0 Å². The Bertz CT molecular complexity index is 870. The first kappa shape index (κ1) is 20.1. The highest BCUT2D eigenvalue weighted by Gasteiger charge is 2.47. The van der Waals surface area contributed by atoms with Crippen LogP contribution in [-0.4, -0.2) is 18.5 Å². The number of hydrogen-bond donors (Lipinski definition) is 1. The van der Waals surface area contributed by atoms with Gasteiger partial charge >= 0.3 is 5.97 Å². The number of aryl methyl sites for hydroxylation is 1. The molecule has 1 aliphatic rings. The van der Waals surface area contributed by atoms with Gasteiger partial charge in [0.25, 0.3) is 5.91 Å². The number of benzene rings is 2. The number of esters is 1. The van der Waals surface area contributed by atoms with E-state index in [4.69, 9.17) is 4.74 Å². The minimum absolute atomic E-state index is 0.259. The van der Waals surface area contributed by atoms with Gasteiger partial charge in [-0.05, 0) is 54.5 Å². The number of anilines is 1. The monoisotopic (exact) mass is 383 g/mol. The van der Waals surface area contributed by atoms with Gasteiger partial charge in [0.15, 0.2) is 6.61 Å². The standard InChI is InChI=1S/C23H26FNO3/c1-15(2)19-7-4-6-16(3)21(19)25-20(26)14-28-22(27)23(12-5-13-23)17-8-10-18(24)11-9-17/h4,6-11,15H,5,12-14H2,1-3H3,(H,25,26). The summed E-state index contributed by atoms with van der Waals surface area (Å²) in [5.74, 6) is -0.868. The molecule has 0 unspecified atom stereocenters. The van der Waals surface area contributed by atoms with Crippen molar-refractivity contribution >= 4 is 17.6 Å². The number of amides is 1. The molecule has 0 radical (unpaired) electrons. The molecule has 0 atom stereocenters. The maximum Gasteiger partial charge on any atom is 0.317 e. The Kier molecular flexibility index (Phi) is 5.82.